The fourth-order valence-electron chi connectivity index (χ4n) is 2.22. The predicted molar refractivity (Wildman–Crippen MR) is 82.3 cm³/mol. The van der Waals surface area contributed by atoms with E-state index in [-0.39, 0.29) is 5.75 Å². The molecule has 110 valence electrons. The van der Waals surface area contributed by atoms with Crippen molar-refractivity contribution in [1.29, 1.82) is 0 Å². The number of methoxy groups -OCH3 is 1. The minimum atomic E-state index is -1.03. The quantitative estimate of drug-likeness (QED) is 0.847. The lowest BCUT2D eigenvalue weighted by atomic mass is 9.91. The highest BCUT2D eigenvalue weighted by molar-refractivity contribution is 5.86. The van der Waals surface area contributed by atoms with Crippen molar-refractivity contribution in [1.82, 2.24) is 0 Å². The average molecular weight is 285 g/mol. The third kappa shape index (κ3) is 2.99. The highest BCUT2D eigenvalue weighted by atomic mass is 16.5. The summed E-state index contributed by atoms with van der Waals surface area (Å²) in [6, 6.07) is 14.2. The molecule has 0 saturated heterocycles. The van der Waals surface area contributed by atoms with Gasteiger partial charge in [-0.1, -0.05) is 30.3 Å². The van der Waals surface area contributed by atoms with Gasteiger partial charge in [0.05, 0.1) is 7.11 Å². The predicted octanol–water partition coefficient (Wildman–Crippen LogP) is 3.20. The minimum Gasteiger partial charge on any atom is -0.508 e. The number of aromatic hydroxyl groups is 1. The third-order valence-electron chi connectivity index (χ3n) is 3.57. The summed E-state index contributed by atoms with van der Waals surface area (Å²) in [6.07, 6.45) is 0. The van der Waals surface area contributed by atoms with Crippen LogP contribution in [0.3, 0.4) is 0 Å². The van der Waals surface area contributed by atoms with Crippen LogP contribution in [-0.4, -0.2) is 18.2 Å². The molecule has 0 amide bonds. The second-order valence-corrected chi connectivity index (χ2v) is 5.10. The summed E-state index contributed by atoms with van der Waals surface area (Å²) in [4.78, 5) is 12.3. The molecule has 0 fully saturated rings. The Morgan fingerprint density at radius 1 is 1.14 bits per heavy atom. The second-order valence-electron chi connectivity index (χ2n) is 5.10. The van der Waals surface area contributed by atoms with E-state index >= 15 is 0 Å². The number of phenolic OH excluding ortho intramolecular Hbond substituents is 1. The maximum Gasteiger partial charge on any atom is 0.335 e. The molecule has 0 aliphatic rings. The van der Waals surface area contributed by atoms with Gasteiger partial charge in [0.1, 0.15) is 5.75 Å². The molecule has 0 radical (unpaired) electrons. The first-order chi connectivity index (χ1) is 9.97. The summed E-state index contributed by atoms with van der Waals surface area (Å²) in [5, 5.41) is 12.7. The zero-order valence-electron chi connectivity index (χ0n) is 12.4. The number of anilines is 1. The molecule has 1 unspecified atom stereocenters. The summed E-state index contributed by atoms with van der Waals surface area (Å²) >= 11 is 0. The average Bonchev–Trinajstić information content (AvgIpc) is 2.49. The molecule has 4 heteroatoms. The van der Waals surface area contributed by atoms with Crippen molar-refractivity contribution in [3.8, 4) is 5.75 Å². The first-order valence-corrected chi connectivity index (χ1v) is 6.69. The van der Waals surface area contributed by atoms with E-state index in [0.717, 1.165) is 16.8 Å². The topological polar surface area (TPSA) is 58.6 Å². The van der Waals surface area contributed by atoms with E-state index in [1.807, 2.05) is 31.2 Å². The Kier molecular flexibility index (Phi) is 4.17. The molecule has 0 spiro atoms. The highest BCUT2D eigenvalue weighted by Crippen LogP contribution is 2.30. The van der Waals surface area contributed by atoms with Crippen LogP contribution < -0.4 is 5.32 Å². The molecule has 4 nitrogen and oxygen atoms in total. The first kappa shape index (κ1) is 14.9. The van der Waals surface area contributed by atoms with Crippen molar-refractivity contribution in [2.24, 2.45) is 0 Å². The van der Waals surface area contributed by atoms with E-state index in [2.05, 4.69) is 5.32 Å². The van der Waals surface area contributed by atoms with Gasteiger partial charge >= 0.3 is 5.97 Å². The molecule has 1 atom stereocenters. The van der Waals surface area contributed by atoms with E-state index < -0.39 is 11.5 Å². The van der Waals surface area contributed by atoms with E-state index in [9.17, 15) is 9.90 Å². The van der Waals surface area contributed by atoms with Gasteiger partial charge in [0, 0.05) is 5.69 Å². The highest BCUT2D eigenvalue weighted by Gasteiger charge is 2.36. The Hall–Kier alpha value is -2.49. The van der Waals surface area contributed by atoms with Crippen LogP contribution in [0.2, 0.25) is 0 Å². The standard InChI is InChI=1S/C17H19NO3/c1-12-6-4-5-7-15(12)18-17(2,16(20)21-3)13-8-10-14(19)11-9-13/h4-11,18-19H,1-3H3. The van der Waals surface area contributed by atoms with Crippen LogP contribution >= 0.6 is 0 Å². The van der Waals surface area contributed by atoms with Crippen LogP contribution in [-0.2, 0) is 15.1 Å². The molecular weight excluding hydrogens is 266 g/mol. The Morgan fingerprint density at radius 2 is 1.76 bits per heavy atom. The van der Waals surface area contributed by atoms with Crippen molar-refractivity contribution < 1.29 is 14.6 Å². The summed E-state index contributed by atoms with van der Waals surface area (Å²) in [5.74, 6) is -0.238. The van der Waals surface area contributed by atoms with Gasteiger partial charge < -0.3 is 15.2 Å². The lowest BCUT2D eigenvalue weighted by molar-refractivity contribution is -0.145. The largest absolute Gasteiger partial charge is 0.508 e. The zero-order chi connectivity index (χ0) is 15.5. The van der Waals surface area contributed by atoms with Crippen molar-refractivity contribution in [2.45, 2.75) is 19.4 Å². The van der Waals surface area contributed by atoms with Crippen LogP contribution in [0.25, 0.3) is 0 Å². The summed E-state index contributed by atoms with van der Waals surface area (Å²) in [5.41, 5.74) is 1.58. The Bertz CT molecular complexity index is 637. The number of aryl methyl sites for hydroxylation is 1. The fourth-order valence-corrected chi connectivity index (χ4v) is 2.22. The molecule has 0 aromatic heterocycles. The molecule has 0 aliphatic carbocycles. The number of rotatable bonds is 4. The molecule has 0 heterocycles. The molecule has 0 aliphatic heterocycles. The van der Waals surface area contributed by atoms with Crippen molar-refractivity contribution in [3.63, 3.8) is 0 Å². The summed E-state index contributed by atoms with van der Waals surface area (Å²) in [7, 11) is 1.36. The van der Waals surface area contributed by atoms with E-state index in [4.69, 9.17) is 4.74 Å². The number of hydrogen-bond donors (Lipinski definition) is 2. The number of benzene rings is 2. The maximum atomic E-state index is 12.3. The number of nitrogens with one attached hydrogen (secondary N) is 1. The summed E-state index contributed by atoms with van der Waals surface area (Å²) in [6.45, 7) is 3.73. The van der Waals surface area contributed by atoms with Gasteiger partial charge in [-0.2, -0.15) is 0 Å². The Balaban J connectivity index is 2.45. The summed E-state index contributed by atoms with van der Waals surface area (Å²) < 4.78 is 4.95. The molecule has 2 rings (SSSR count). The molecule has 2 aromatic rings. The van der Waals surface area contributed by atoms with Gasteiger partial charge in [-0.3, -0.25) is 0 Å². The molecule has 2 N–H and O–H groups in total. The van der Waals surface area contributed by atoms with Crippen LogP contribution in [0.15, 0.2) is 48.5 Å². The monoisotopic (exact) mass is 285 g/mol. The lowest BCUT2D eigenvalue weighted by Gasteiger charge is -2.30. The number of esters is 1. The zero-order valence-corrected chi connectivity index (χ0v) is 12.4. The lowest BCUT2D eigenvalue weighted by Crippen LogP contribution is -2.41. The number of ether oxygens (including phenoxy) is 1. The number of hydrogen-bond acceptors (Lipinski definition) is 4. The minimum absolute atomic E-state index is 0.154. The van der Waals surface area contributed by atoms with Crippen LogP contribution in [0.1, 0.15) is 18.1 Å². The van der Waals surface area contributed by atoms with Crippen molar-refractivity contribution in [2.75, 3.05) is 12.4 Å². The Morgan fingerprint density at radius 3 is 2.33 bits per heavy atom. The normalized spacial score (nSPS) is 13.3. The number of phenols is 1. The molecule has 0 saturated carbocycles. The van der Waals surface area contributed by atoms with Crippen LogP contribution in [0, 0.1) is 6.92 Å². The van der Waals surface area contributed by atoms with Crippen molar-refractivity contribution in [3.05, 3.63) is 59.7 Å². The maximum absolute atomic E-state index is 12.3. The number of carbonyl (C=O) groups excluding carboxylic acids is 1. The van der Waals surface area contributed by atoms with Gasteiger partial charge in [-0.15, -0.1) is 0 Å². The number of carbonyl (C=O) groups is 1. The van der Waals surface area contributed by atoms with Gasteiger partial charge in [-0.05, 0) is 43.2 Å². The first-order valence-electron chi connectivity index (χ1n) is 6.69. The van der Waals surface area contributed by atoms with E-state index in [0.29, 0.717) is 0 Å². The van der Waals surface area contributed by atoms with Gasteiger partial charge in [0.25, 0.3) is 0 Å². The molecular formula is C17H19NO3. The SMILES string of the molecule is COC(=O)C(C)(Nc1ccccc1C)c1ccc(O)cc1. The van der Waals surface area contributed by atoms with Crippen LogP contribution in [0.5, 0.6) is 5.75 Å². The Labute approximate surface area is 124 Å². The van der Waals surface area contributed by atoms with Crippen LogP contribution in [0.4, 0.5) is 5.69 Å². The van der Waals surface area contributed by atoms with Gasteiger partial charge in [-0.25, -0.2) is 4.79 Å². The third-order valence-corrected chi connectivity index (χ3v) is 3.57. The van der Waals surface area contributed by atoms with Gasteiger partial charge in [0.15, 0.2) is 5.54 Å². The van der Waals surface area contributed by atoms with Gasteiger partial charge in [0.2, 0.25) is 0 Å². The van der Waals surface area contributed by atoms with E-state index in [1.165, 1.54) is 7.11 Å². The fraction of sp³-hybridized carbons (Fsp3) is 0.235. The molecule has 21 heavy (non-hydrogen) atoms. The number of para-hydroxylation sites is 1. The molecule has 0 bridgehead atoms. The smallest absolute Gasteiger partial charge is 0.335 e. The van der Waals surface area contributed by atoms with Crippen molar-refractivity contribution >= 4 is 11.7 Å². The molecule has 2 aromatic carbocycles. The van der Waals surface area contributed by atoms with E-state index in [1.54, 1.807) is 31.2 Å². The second kappa shape index (κ2) is 5.87.